The van der Waals surface area contributed by atoms with Gasteiger partial charge in [-0.05, 0) is 61.6 Å². The summed E-state index contributed by atoms with van der Waals surface area (Å²) in [5.41, 5.74) is 2.74. The number of ether oxygens (including phenoxy) is 2. The van der Waals surface area contributed by atoms with Crippen molar-refractivity contribution in [1.29, 1.82) is 0 Å². The highest BCUT2D eigenvalue weighted by Gasteiger charge is 2.23. The van der Waals surface area contributed by atoms with Crippen molar-refractivity contribution < 1.29 is 14.3 Å². The number of para-hydroxylation sites is 2. The quantitative estimate of drug-likeness (QED) is 0.597. The molecule has 0 aliphatic heterocycles. The minimum absolute atomic E-state index is 0.0375. The number of nitrogens with zero attached hydrogens (tertiary/aromatic N) is 2. The summed E-state index contributed by atoms with van der Waals surface area (Å²) in [6, 6.07) is 15.6. The van der Waals surface area contributed by atoms with Crippen molar-refractivity contribution in [1.82, 2.24) is 9.55 Å². The molecule has 0 saturated heterocycles. The average molecular weight is 378 g/mol. The first-order valence-electron chi connectivity index (χ1n) is 9.93. The maximum Gasteiger partial charge on any atom is 0.326 e. The van der Waals surface area contributed by atoms with Gasteiger partial charge in [0, 0.05) is 5.56 Å². The lowest BCUT2D eigenvalue weighted by Gasteiger charge is -2.26. The second-order valence-corrected chi connectivity index (χ2v) is 7.62. The molecule has 146 valence electrons. The summed E-state index contributed by atoms with van der Waals surface area (Å²) >= 11 is 0. The number of methoxy groups -OCH3 is 1. The molecule has 4 rings (SSSR count). The van der Waals surface area contributed by atoms with Gasteiger partial charge in [0.15, 0.2) is 0 Å². The molecule has 0 unspecified atom stereocenters. The summed E-state index contributed by atoms with van der Waals surface area (Å²) < 4.78 is 13.0. The average Bonchev–Trinajstić information content (AvgIpc) is 3.06. The van der Waals surface area contributed by atoms with Crippen LogP contribution in [0.1, 0.15) is 32.6 Å². The van der Waals surface area contributed by atoms with Gasteiger partial charge in [-0.2, -0.15) is 0 Å². The van der Waals surface area contributed by atoms with Crippen LogP contribution in [0, 0.1) is 5.92 Å². The van der Waals surface area contributed by atoms with Gasteiger partial charge in [-0.1, -0.05) is 25.5 Å². The van der Waals surface area contributed by atoms with E-state index in [1.165, 1.54) is 6.42 Å². The molecule has 1 heterocycles. The van der Waals surface area contributed by atoms with Crippen molar-refractivity contribution in [2.24, 2.45) is 5.92 Å². The Kier molecular flexibility index (Phi) is 5.33. The fourth-order valence-electron chi connectivity index (χ4n) is 4.03. The smallest absolute Gasteiger partial charge is 0.326 e. The number of rotatable bonds is 5. The standard InChI is InChI=1S/C23H26N2O3/c1-16-6-5-7-19(14-16)28-22(26)15-25-21-9-4-3-8-20(21)24-23(25)17-10-12-18(27-2)13-11-17/h3-4,8-13,16,19H,5-7,14-15H2,1-2H3/t16-,19+/m1/s1. The number of carbonyl (C=O) groups is 1. The van der Waals surface area contributed by atoms with E-state index in [2.05, 4.69) is 6.92 Å². The number of carbonyl (C=O) groups excluding carboxylic acids is 1. The van der Waals surface area contributed by atoms with Gasteiger partial charge in [-0.25, -0.2) is 4.98 Å². The molecule has 1 aliphatic rings. The van der Waals surface area contributed by atoms with Crippen molar-refractivity contribution in [3.8, 4) is 17.1 Å². The highest BCUT2D eigenvalue weighted by molar-refractivity contribution is 5.83. The van der Waals surface area contributed by atoms with Crippen molar-refractivity contribution in [3.63, 3.8) is 0 Å². The lowest BCUT2D eigenvalue weighted by molar-refractivity contribution is -0.151. The molecule has 1 fully saturated rings. The van der Waals surface area contributed by atoms with Gasteiger partial charge >= 0.3 is 5.97 Å². The second kappa shape index (κ2) is 8.05. The Bertz CT molecular complexity index is 962. The fourth-order valence-corrected chi connectivity index (χ4v) is 4.03. The SMILES string of the molecule is COc1ccc(-c2nc3ccccc3n2CC(=O)O[C@H]2CCC[C@@H](C)C2)cc1. The Morgan fingerprint density at radius 1 is 1.14 bits per heavy atom. The summed E-state index contributed by atoms with van der Waals surface area (Å²) in [5.74, 6) is 1.97. The Hall–Kier alpha value is -2.82. The first-order chi connectivity index (χ1) is 13.6. The maximum atomic E-state index is 12.7. The Morgan fingerprint density at radius 3 is 2.68 bits per heavy atom. The molecular weight excluding hydrogens is 352 g/mol. The van der Waals surface area contributed by atoms with Gasteiger partial charge in [-0.3, -0.25) is 4.79 Å². The van der Waals surface area contributed by atoms with E-state index < -0.39 is 0 Å². The van der Waals surface area contributed by atoms with E-state index in [0.717, 1.165) is 47.4 Å². The Morgan fingerprint density at radius 2 is 1.93 bits per heavy atom. The van der Waals surface area contributed by atoms with Gasteiger partial charge in [-0.15, -0.1) is 0 Å². The summed E-state index contributed by atoms with van der Waals surface area (Å²) in [6.07, 6.45) is 4.32. The molecular formula is C23H26N2O3. The summed E-state index contributed by atoms with van der Waals surface area (Å²) in [4.78, 5) is 17.5. The third-order valence-electron chi connectivity index (χ3n) is 5.48. The number of fused-ring (bicyclic) bond motifs is 1. The van der Waals surface area contributed by atoms with Crippen LogP contribution >= 0.6 is 0 Å². The van der Waals surface area contributed by atoms with Gasteiger partial charge in [0.25, 0.3) is 0 Å². The van der Waals surface area contributed by atoms with Gasteiger partial charge in [0.05, 0.1) is 18.1 Å². The van der Waals surface area contributed by atoms with Gasteiger partial charge < -0.3 is 14.0 Å². The maximum absolute atomic E-state index is 12.7. The van der Waals surface area contributed by atoms with Crippen LogP contribution in [0.2, 0.25) is 0 Å². The summed E-state index contributed by atoms with van der Waals surface area (Å²) in [7, 11) is 1.65. The molecule has 1 aliphatic carbocycles. The van der Waals surface area contributed by atoms with Crippen LogP contribution in [0.4, 0.5) is 0 Å². The highest BCUT2D eigenvalue weighted by atomic mass is 16.5. The first kappa shape index (κ1) is 18.5. The molecule has 0 N–H and O–H groups in total. The van der Waals surface area contributed by atoms with Crippen molar-refractivity contribution in [3.05, 3.63) is 48.5 Å². The lowest BCUT2D eigenvalue weighted by Crippen LogP contribution is -2.26. The van der Waals surface area contributed by atoms with Crippen LogP contribution in [0.3, 0.4) is 0 Å². The fraction of sp³-hybridized carbons (Fsp3) is 0.391. The number of imidazole rings is 1. The predicted molar refractivity (Wildman–Crippen MR) is 109 cm³/mol. The number of hydrogen-bond donors (Lipinski definition) is 0. The number of esters is 1. The molecule has 1 saturated carbocycles. The minimum atomic E-state index is -0.197. The van der Waals surface area contributed by atoms with Crippen LogP contribution < -0.4 is 4.74 Å². The molecule has 0 amide bonds. The van der Waals surface area contributed by atoms with E-state index in [9.17, 15) is 4.79 Å². The van der Waals surface area contributed by atoms with Crippen LogP contribution in [0.25, 0.3) is 22.4 Å². The van der Waals surface area contributed by atoms with Crippen LogP contribution in [0.15, 0.2) is 48.5 Å². The van der Waals surface area contributed by atoms with E-state index in [4.69, 9.17) is 14.5 Å². The van der Waals surface area contributed by atoms with Crippen LogP contribution in [0.5, 0.6) is 5.75 Å². The van der Waals surface area contributed by atoms with Crippen molar-refractivity contribution in [2.75, 3.05) is 7.11 Å². The normalized spacial score (nSPS) is 19.5. The molecule has 5 heteroatoms. The number of aromatic nitrogens is 2. The third-order valence-corrected chi connectivity index (χ3v) is 5.48. The minimum Gasteiger partial charge on any atom is -0.497 e. The monoisotopic (exact) mass is 378 g/mol. The van der Waals surface area contributed by atoms with Crippen LogP contribution in [-0.2, 0) is 16.1 Å². The zero-order chi connectivity index (χ0) is 19.5. The molecule has 1 aromatic heterocycles. The van der Waals surface area contributed by atoms with E-state index in [0.29, 0.717) is 5.92 Å². The zero-order valence-electron chi connectivity index (χ0n) is 16.4. The first-order valence-corrected chi connectivity index (χ1v) is 9.93. The second-order valence-electron chi connectivity index (χ2n) is 7.62. The van der Waals surface area contributed by atoms with Gasteiger partial charge in [0.1, 0.15) is 24.2 Å². The number of hydrogen-bond acceptors (Lipinski definition) is 4. The molecule has 28 heavy (non-hydrogen) atoms. The van der Waals surface area contributed by atoms with E-state index in [1.54, 1.807) is 7.11 Å². The molecule has 0 radical (unpaired) electrons. The molecule has 0 spiro atoms. The lowest BCUT2D eigenvalue weighted by atomic mass is 9.89. The zero-order valence-corrected chi connectivity index (χ0v) is 16.4. The topological polar surface area (TPSA) is 53.4 Å². The Labute approximate surface area is 165 Å². The highest BCUT2D eigenvalue weighted by Crippen LogP contribution is 2.28. The molecule has 2 aromatic carbocycles. The third kappa shape index (κ3) is 3.88. The molecule has 0 bridgehead atoms. The van der Waals surface area contributed by atoms with Crippen LogP contribution in [-0.4, -0.2) is 28.7 Å². The van der Waals surface area contributed by atoms with Gasteiger partial charge in [0.2, 0.25) is 0 Å². The summed E-state index contributed by atoms with van der Waals surface area (Å²) in [6.45, 7) is 2.39. The molecule has 5 nitrogen and oxygen atoms in total. The molecule has 2 atom stereocenters. The molecule has 3 aromatic rings. The predicted octanol–water partition coefficient (Wildman–Crippen LogP) is 4.83. The van der Waals surface area contributed by atoms with E-state index >= 15 is 0 Å². The van der Waals surface area contributed by atoms with Crippen molar-refractivity contribution >= 4 is 17.0 Å². The van der Waals surface area contributed by atoms with E-state index in [-0.39, 0.29) is 18.6 Å². The van der Waals surface area contributed by atoms with Crippen molar-refractivity contribution in [2.45, 2.75) is 45.3 Å². The summed E-state index contributed by atoms with van der Waals surface area (Å²) in [5, 5.41) is 0. The largest absolute Gasteiger partial charge is 0.497 e. The van der Waals surface area contributed by atoms with E-state index in [1.807, 2.05) is 53.1 Å². The Balaban J connectivity index is 1.62. The number of benzene rings is 2.